The largest absolute Gasteiger partial charge is 0.396 e. The molecule has 0 radical (unpaired) electrons. The van der Waals surface area contributed by atoms with Gasteiger partial charge in [-0.1, -0.05) is 20.8 Å². The summed E-state index contributed by atoms with van der Waals surface area (Å²) in [4.78, 5) is 4.58. The first-order chi connectivity index (χ1) is 9.37. The van der Waals surface area contributed by atoms with Crippen LogP contribution in [0, 0.1) is 23.2 Å². The molecular formula is C15H21NO3S. The molecular weight excluding hydrogens is 274 g/mol. The zero-order valence-electron chi connectivity index (χ0n) is 12.1. The van der Waals surface area contributed by atoms with E-state index in [2.05, 4.69) is 18.8 Å². The summed E-state index contributed by atoms with van der Waals surface area (Å²) >= 11 is 0. The average molecular weight is 295 g/mol. The van der Waals surface area contributed by atoms with E-state index < -0.39 is 9.84 Å². The van der Waals surface area contributed by atoms with Gasteiger partial charge in [-0.05, 0) is 35.3 Å². The molecule has 0 amide bonds. The smallest absolute Gasteiger partial charge is 0.179 e. The molecule has 0 aliphatic heterocycles. The number of rotatable bonds is 5. The van der Waals surface area contributed by atoms with E-state index in [9.17, 15) is 13.5 Å². The molecule has 1 N–H and O–H groups in total. The maximum absolute atomic E-state index is 11.8. The van der Waals surface area contributed by atoms with Crippen LogP contribution in [0.3, 0.4) is 0 Å². The zero-order valence-corrected chi connectivity index (χ0v) is 12.9. The topological polar surface area (TPSA) is 67.3 Å². The number of sulfone groups is 1. The van der Waals surface area contributed by atoms with E-state index in [0.29, 0.717) is 11.8 Å². The number of aromatic nitrogens is 1. The van der Waals surface area contributed by atoms with Gasteiger partial charge in [0.1, 0.15) is 0 Å². The van der Waals surface area contributed by atoms with Gasteiger partial charge in [-0.25, -0.2) is 8.42 Å². The second-order valence-corrected chi connectivity index (χ2v) is 8.61. The third-order valence-electron chi connectivity index (χ3n) is 5.50. The van der Waals surface area contributed by atoms with Crippen LogP contribution in [0.4, 0.5) is 0 Å². The van der Waals surface area contributed by atoms with Crippen LogP contribution in [0.1, 0.15) is 32.4 Å². The number of pyridine rings is 1. The quantitative estimate of drug-likeness (QED) is 0.900. The fourth-order valence-electron chi connectivity index (χ4n) is 4.10. The molecule has 0 spiro atoms. The van der Waals surface area contributed by atoms with Gasteiger partial charge in [0.2, 0.25) is 0 Å². The lowest BCUT2D eigenvalue weighted by molar-refractivity contribution is 0.172. The van der Waals surface area contributed by atoms with Gasteiger partial charge in [0.15, 0.2) is 9.84 Å². The molecule has 1 aromatic rings. The second-order valence-electron chi connectivity index (χ2n) is 6.33. The normalized spacial score (nSPS) is 36.3. The fourth-order valence-corrected chi connectivity index (χ4v) is 4.92. The van der Waals surface area contributed by atoms with Gasteiger partial charge in [0.05, 0.1) is 17.3 Å². The minimum absolute atomic E-state index is 0.0204. The minimum atomic E-state index is -3.20. The van der Waals surface area contributed by atoms with Gasteiger partial charge >= 0.3 is 0 Å². The third kappa shape index (κ3) is 1.76. The van der Waals surface area contributed by atoms with Crippen LogP contribution in [0.2, 0.25) is 0 Å². The Bertz CT molecular complexity index is 613. The zero-order chi connectivity index (χ0) is 14.7. The van der Waals surface area contributed by atoms with Gasteiger partial charge in [0.25, 0.3) is 0 Å². The van der Waals surface area contributed by atoms with Gasteiger partial charge < -0.3 is 5.11 Å². The van der Waals surface area contributed by atoms with Crippen molar-refractivity contribution in [2.45, 2.75) is 31.6 Å². The summed E-state index contributed by atoms with van der Waals surface area (Å²) in [6.45, 7) is 6.15. The fraction of sp³-hybridized carbons (Fsp3) is 0.667. The summed E-state index contributed by atoms with van der Waals surface area (Å²) in [5.74, 6) is 2.29. The second kappa shape index (κ2) is 4.28. The SMILES string of the molecule is CCS(=O)(=O)c1ccc([C@H](CO)C2(C)C3C(C)C32)nc1. The van der Waals surface area contributed by atoms with E-state index >= 15 is 0 Å². The molecule has 1 aromatic heterocycles. The number of nitrogens with zero attached hydrogens (tertiary/aromatic N) is 1. The maximum Gasteiger partial charge on any atom is 0.179 e. The van der Waals surface area contributed by atoms with Crippen molar-refractivity contribution < 1.29 is 13.5 Å². The van der Waals surface area contributed by atoms with Crippen molar-refractivity contribution in [1.82, 2.24) is 4.98 Å². The highest BCUT2D eigenvalue weighted by Gasteiger charge is 2.81. The first kappa shape index (κ1) is 14.0. The summed E-state index contributed by atoms with van der Waals surface area (Å²) in [6.07, 6.45) is 1.43. The Hall–Kier alpha value is -0.940. The molecule has 0 saturated heterocycles. The molecule has 2 fully saturated rings. The highest BCUT2D eigenvalue weighted by Crippen LogP contribution is 2.84. The van der Waals surface area contributed by atoms with E-state index in [1.165, 1.54) is 6.20 Å². The highest BCUT2D eigenvalue weighted by molar-refractivity contribution is 7.91. The van der Waals surface area contributed by atoms with Crippen LogP contribution in [0.5, 0.6) is 0 Å². The summed E-state index contributed by atoms with van der Waals surface area (Å²) in [7, 11) is -3.20. The summed E-state index contributed by atoms with van der Waals surface area (Å²) in [5.41, 5.74) is 0.969. The Morgan fingerprint density at radius 1 is 1.40 bits per heavy atom. The molecule has 3 atom stereocenters. The average Bonchev–Trinajstić information content (AvgIpc) is 3.31. The lowest BCUT2D eigenvalue weighted by atomic mass is 9.77. The third-order valence-corrected chi connectivity index (χ3v) is 7.21. The predicted molar refractivity (Wildman–Crippen MR) is 76.0 cm³/mol. The Labute approximate surface area is 120 Å². The Morgan fingerprint density at radius 3 is 2.45 bits per heavy atom. The van der Waals surface area contributed by atoms with Crippen LogP contribution in [0.15, 0.2) is 23.2 Å². The Kier molecular flexibility index (Phi) is 3.00. The summed E-state index contributed by atoms with van der Waals surface area (Å²) < 4.78 is 23.5. The summed E-state index contributed by atoms with van der Waals surface area (Å²) in [5, 5.41) is 9.70. The van der Waals surface area contributed by atoms with Gasteiger partial charge in [-0.15, -0.1) is 0 Å². The number of aliphatic hydroxyl groups is 1. The molecule has 2 unspecified atom stereocenters. The van der Waals surface area contributed by atoms with E-state index in [4.69, 9.17) is 0 Å². The molecule has 2 aliphatic rings. The first-order valence-corrected chi connectivity index (χ1v) is 8.82. The highest BCUT2D eigenvalue weighted by atomic mass is 32.2. The lowest BCUT2D eigenvalue weighted by Gasteiger charge is -2.29. The van der Waals surface area contributed by atoms with E-state index in [1.54, 1.807) is 19.1 Å². The molecule has 5 heteroatoms. The molecule has 110 valence electrons. The van der Waals surface area contributed by atoms with Crippen LogP contribution < -0.4 is 0 Å². The number of aliphatic hydroxyl groups excluding tert-OH is 1. The standard InChI is InChI=1S/C15H21NO3S/c1-4-20(18,19)10-5-6-12(16-7-10)11(8-17)15(3)13-9(2)14(13)15/h5-7,9,11,13-14,17H,4,8H2,1-3H3/t9?,11-,13?,14?,15?/m0/s1. The van der Waals surface area contributed by atoms with Crippen LogP contribution in [0.25, 0.3) is 0 Å². The van der Waals surface area contributed by atoms with Crippen LogP contribution in [-0.4, -0.2) is 30.9 Å². The molecule has 2 aliphatic carbocycles. The van der Waals surface area contributed by atoms with Crippen molar-refractivity contribution in [3.05, 3.63) is 24.0 Å². The lowest BCUT2D eigenvalue weighted by Crippen LogP contribution is -2.25. The first-order valence-electron chi connectivity index (χ1n) is 7.17. The van der Waals surface area contributed by atoms with Crippen molar-refractivity contribution in [2.75, 3.05) is 12.4 Å². The van der Waals surface area contributed by atoms with Crippen molar-refractivity contribution in [1.29, 1.82) is 0 Å². The Balaban J connectivity index is 1.84. The molecule has 20 heavy (non-hydrogen) atoms. The van der Waals surface area contributed by atoms with Gasteiger partial charge in [-0.2, -0.15) is 0 Å². The predicted octanol–water partition coefficient (Wildman–Crippen LogP) is 1.85. The van der Waals surface area contributed by atoms with Crippen molar-refractivity contribution in [3.8, 4) is 0 Å². The van der Waals surface area contributed by atoms with Crippen molar-refractivity contribution in [3.63, 3.8) is 0 Å². The van der Waals surface area contributed by atoms with Gasteiger partial charge in [0, 0.05) is 17.8 Å². The maximum atomic E-state index is 11.8. The monoisotopic (exact) mass is 295 g/mol. The minimum Gasteiger partial charge on any atom is -0.396 e. The van der Waals surface area contributed by atoms with E-state index in [-0.39, 0.29) is 28.6 Å². The molecule has 0 aromatic carbocycles. The van der Waals surface area contributed by atoms with E-state index in [1.807, 2.05) is 0 Å². The summed E-state index contributed by atoms with van der Waals surface area (Å²) in [6, 6.07) is 3.38. The number of hydrogen-bond acceptors (Lipinski definition) is 4. The van der Waals surface area contributed by atoms with Crippen LogP contribution >= 0.6 is 0 Å². The van der Waals surface area contributed by atoms with Crippen molar-refractivity contribution >= 4 is 9.84 Å². The molecule has 4 nitrogen and oxygen atoms in total. The van der Waals surface area contributed by atoms with Gasteiger partial charge in [-0.3, -0.25) is 4.98 Å². The molecule has 0 bridgehead atoms. The Morgan fingerprint density at radius 2 is 2.05 bits per heavy atom. The molecule has 1 heterocycles. The number of hydrogen-bond donors (Lipinski definition) is 1. The van der Waals surface area contributed by atoms with Crippen molar-refractivity contribution in [2.24, 2.45) is 23.2 Å². The molecule has 2 saturated carbocycles. The number of fused-ring (bicyclic) bond motifs is 1. The van der Waals surface area contributed by atoms with E-state index in [0.717, 1.165) is 11.6 Å². The molecule has 3 rings (SSSR count). The van der Waals surface area contributed by atoms with Crippen LogP contribution in [-0.2, 0) is 9.84 Å².